The molecule has 0 aromatic heterocycles. The Morgan fingerprint density at radius 3 is 2.35 bits per heavy atom. The largest absolute Gasteiger partial charge is 0.466 e. The summed E-state index contributed by atoms with van der Waals surface area (Å²) in [7, 11) is -3.43. The predicted molar refractivity (Wildman–Crippen MR) is 72.0 cm³/mol. The van der Waals surface area contributed by atoms with Crippen molar-refractivity contribution in [3.8, 4) is 0 Å². The van der Waals surface area contributed by atoms with Gasteiger partial charge in [0.1, 0.15) is 0 Å². The Morgan fingerprint density at radius 2 is 1.85 bits per heavy atom. The van der Waals surface area contributed by atoms with Crippen LogP contribution in [0.5, 0.6) is 0 Å². The molecule has 20 heavy (non-hydrogen) atoms. The third kappa shape index (κ3) is 3.13. The molecule has 116 valence electrons. The van der Waals surface area contributed by atoms with Gasteiger partial charge in [-0.2, -0.15) is 17.0 Å². The molecule has 0 unspecified atom stereocenters. The van der Waals surface area contributed by atoms with E-state index in [0.29, 0.717) is 45.6 Å². The summed E-state index contributed by atoms with van der Waals surface area (Å²) in [6.45, 7) is 3.62. The minimum absolute atomic E-state index is 0.0248. The third-order valence-electron chi connectivity index (χ3n) is 3.91. The summed E-state index contributed by atoms with van der Waals surface area (Å²) in [5.74, 6) is -0.362. The third-order valence-corrected chi connectivity index (χ3v) is 5.88. The maximum absolute atomic E-state index is 12.3. The Bertz CT molecular complexity index is 439. The Labute approximate surface area is 119 Å². The zero-order valence-corrected chi connectivity index (χ0v) is 12.5. The first-order chi connectivity index (χ1) is 9.48. The minimum Gasteiger partial charge on any atom is -0.466 e. The Balaban J connectivity index is 1.86. The quantitative estimate of drug-likeness (QED) is 0.687. The average Bonchev–Trinajstić information content (AvgIpc) is 2.37. The number of ether oxygens (including phenoxy) is 1. The molecule has 0 aliphatic carbocycles. The number of esters is 1. The fraction of sp³-hybridized carbons (Fsp3) is 0.917. The van der Waals surface area contributed by atoms with E-state index in [0.717, 1.165) is 0 Å². The molecule has 2 heterocycles. The number of carbonyl (C=O) groups excluding carboxylic acids is 1. The normalized spacial score (nSPS) is 23.5. The van der Waals surface area contributed by atoms with E-state index < -0.39 is 10.2 Å². The van der Waals surface area contributed by atoms with Gasteiger partial charge in [0.05, 0.1) is 12.5 Å². The summed E-state index contributed by atoms with van der Waals surface area (Å²) < 4.78 is 32.4. The molecule has 0 aromatic carbocycles. The predicted octanol–water partition coefficient (Wildman–Crippen LogP) is -0.570. The first-order valence-corrected chi connectivity index (χ1v) is 8.41. The van der Waals surface area contributed by atoms with Crippen LogP contribution in [0.25, 0.3) is 0 Å². The highest BCUT2D eigenvalue weighted by molar-refractivity contribution is 7.86. The van der Waals surface area contributed by atoms with Crippen molar-refractivity contribution in [2.24, 2.45) is 11.8 Å². The summed E-state index contributed by atoms with van der Waals surface area (Å²) in [6, 6.07) is 0. The first-order valence-electron chi connectivity index (χ1n) is 7.01. The lowest BCUT2D eigenvalue weighted by molar-refractivity contribution is -0.149. The Kier molecular flexibility index (Phi) is 5.00. The van der Waals surface area contributed by atoms with Crippen LogP contribution in [-0.4, -0.2) is 67.5 Å². The van der Waals surface area contributed by atoms with Crippen molar-refractivity contribution in [2.75, 3.05) is 39.4 Å². The molecule has 2 aliphatic heterocycles. The van der Waals surface area contributed by atoms with Gasteiger partial charge in [0, 0.05) is 38.7 Å². The summed E-state index contributed by atoms with van der Waals surface area (Å²) in [6.07, 6.45) is 1.02. The molecule has 2 saturated heterocycles. The van der Waals surface area contributed by atoms with Gasteiger partial charge < -0.3 is 9.84 Å². The highest BCUT2D eigenvalue weighted by Gasteiger charge is 2.40. The van der Waals surface area contributed by atoms with Gasteiger partial charge >= 0.3 is 5.97 Å². The van der Waals surface area contributed by atoms with Crippen molar-refractivity contribution in [3.63, 3.8) is 0 Å². The van der Waals surface area contributed by atoms with E-state index >= 15 is 0 Å². The number of carbonyl (C=O) groups is 1. The average molecular weight is 306 g/mol. The fourth-order valence-electron chi connectivity index (χ4n) is 2.57. The first kappa shape index (κ1) is 15.7. The van der Waals surface area contributed by atoms with Crippen LogP contribution in [0.15, 0.2) is 0 Å². The van der Waals surface area contributed by atoms with Crippen LogP contribution in [0.4, 0.5) is 0 Å². The van der Waals surface area contributed by atoms with Gasteiger partial charge in [-0.15, -0.1) is 0 Å². The van der Waals surface area contributed by atoms with Crippen LogP contribution >= 0.6 is 0 Å². The van der Waals surface area contributed by atoms with Gasteiger partial charge in [-0.1, -0.05) is 0 Å². The molecule has 8 heteroatoms. The lowest BCUT2D eigenvalue weighted by Crippen LogP contribution is -2.57. The second-order valence-corrected chi connectivity index (χ2v) is 7.23. The van der Waals surface area contributed by atoms with Crippen LogP contribution < -0.4 is 0 Å². The molecule has 2 aliphatic rings. The summed E-state index contributed by atoms with van der Waals surface area (Å²) in [5.41, 5.74) is 0. The number of hydrogen-bond donors (Lipinski definition) is 1. The number of piperidine rings is 1. The number of rotatable bonds is 5. The minimum atomic E-state index is -3.43. The van der Waals surface area contributed by atoms with Crippen LogP contribution in [-0.2, 0) is 19.7 Å². The molecule has 0 radical (unpaired) electrons. The van der Waals surface area contributed by atoms with Gasteiger partial charge in [0.25, 0.3) is 10.2 Å². The van der Waals surface area contributed by atoms with E-state index in [-0.39, 0.29) is 24.4 Å². The standard InChI is InChI=1S/C12H22N2O5S/c1-2-19-12(16)11-3-5-13(6-4-11)20(17,18)14-7-10(8-14)9-15/h10-11,15H,2-9H2,1H3. The SMILES string of the molecule is CCOC(=O)C1CCN(S(=O)(=O)N2CC(CO)C2)CC1. The van der Waals surface area contributed by atoms with E-state index in [9.17, 15) is 13.2 Å². The fourth-order valence-corrected chi connectivity index (χ4v) is 4.37. The van der Waals surface area contributed by atoms with Gasteiger partial charge in [0.2, 0.25) is 0 Å². The van der Waals surface area contributed by atoms with Crippen molar-refractivity contribution in [1.82, 2.24) is 8.61 Å². The van der Waals surface area contributed by atoms with E-state index in [1.54, 1.807) is 6.92 Å². The van der Waals surface area contributed by atoms with Gasteiger partial charge in [-0.05, 0) is 19.8 Å². The van der Waals surface area contributed by atoms with Crippen molar-refractivity contribution in [3.05, 3.63) is 0 Å². The molecule has 0 saturated carbocycles. The zero-order valence-electron chi connectivity index (χ0n) is 11.7. The van der Waals surface area contributed by atoms with Crippen molar-refractivity contribution >= 4 is 16.2 Å². The van der Waals surface area contributed by atoms with Crippen LogP contribution in [0.3, 0.4) is 0 Å². The number of aliphatic hydroxyl groups excluding tert-OH is 1. The van der Waals surface area contributed by atoms with Crippen molar-refractivity contribution < 1.29 is 23.1 Å². The van der Waals surface area contributed by atoms with Crippen LogP contribution in [0.1, 0.15) is 19.8 Å². The van der Waals surface area contributed by atoms with Crippen LogP contribution in [0, 0.1) is 11.8 Å². The zero-order chi connectivity index (χ0) is 14.8. The highest BCUT2D eigenvalue weighted by atomic mass is 32.2. The molecular formula is C12H22N2O5S. The van der Waals surface area contributed by atoms with Crippen molar-refractivity contribution in [1.29, 1.82) is 0 Å². The highest BCUT2D eigenvalue weighted by Crippen LogP contribution is 2.26. The second-order valence-electron chi connectivity index (χ2n) is 5.30. The Hall–Kier alpha value is -0.700. The number of aliphatic hydroxyl groups is 1. The maximum Gasteiger partial charge on any atom is 0.309 e. The second kappa shape index (κ2) is 6.38. The molecule has 0 amide bonds. The van der Waals surface area contributed by atoms with Gasteiger partial charge in [0.15, 0.2) is 0 Å². The molecule has 1 N–H and O–H groups in total. The van der Waals surface area contributed by atoms with Crippen LogP contribution in [0.2, 0.25) is 0 Å². The van der Waals surface area contributed by atoms with Crippen molar-refractivity contribution in [2.45, 2.75) is 19.8 Å². The molecular weight excluding hydrogens is 284 g/mol. The summed E-state index contributed by atoms with van der Waals surface area (Å²) >= 11 is 0. The lowest BCUT2D eigenvalue weighted by Gasteiger charge is -2.41. The molecule has 0 spiro atoms. The summed E-state index contributed by atoms with van der Waals surface area (Å²) in [5, 5.41) is 8.94. The topological polar surface area (TPSA) is 87.2 Å². The van der Waals surface area contributed by atoms with E-state index in [1.165, 1.54) is 8.61 Å². The maximum atomic E-state index is 12.3. The molecule has 0 bridgehead atoms. The monoisotopic (exact) mass is 306 g/mol. The smallest absolute Gasteiger partial charge is 0.309 e. The lowest BCUT2D eigenvalue weighted by atomic mass is 9.98. The molecule has 0 atom stereocenters. The molecule has 2 rings (SSSR count). The molecule has 0 aromatic rings. The number of nitrogens with zero attached hydrogens (tertiary/aromatic N) is 2. The van der Waals surface area contributed by atoms with E-state index in [2.05, 4.69) is 0 Å². The summed E-state index contributed by atoms with van der Waals surface area (Å²) in [4.78, 5) is 11.6. The van der Waals surface area contributed by atoms with E-state index in [1.807, 2.05) is 0 Å². The molecule has 7 nitrogen and oxygen atoms in total. The number of hydrogen-bond acceptors (Lipinski definition) is 5. The molecule has 2 fully saturated rings. The van der Waals surface area contributed by atoms with Gasteiger partial charge in [-0.25, -0.2) is 0 Å². The van der Waals surface area contributed by atoms with Gasteiger partial charge in [-0.3, -0.25) is 4.79 Å². The van der Waals surface area contributed by atoms with E-state index in [4.69, 9.17) is 9.84 Å². The Morgan fingerprint density at radius 1 is 1.25 bits per heavy atom.